The van der Waals surface area contributed by atoms with E-state index < -0.39 is 17.7 Å². The second-order valence-corrected chi connectivity index (χ2v) is 9.20. The maximum Gasteiger partial charge on any atom is 0.408 e. The number of nitrogens with one attached hydrogen (secondary N) is 2. The molecule has 1 rings (SSSR count). The van der Waals surface area contributed by atoms with Gasteiger partial charge in [0.05, 0.1) is 0 Å². The van der Waals surface area contributed by atoms with E-state index in [4.69, 9.17) is 4.74 Å². The maximum atomic E-state index is 13.3. The van der Waals surface area contributed by atoms with Gasteiger partial charge >= 0.3 is 6.09 Å². The summed E-state index contributed by atoms with van der Waals surface area (Å²) in [5.74, 6) is -0.521. The number of ether oxygens (including phenoxy) is 1. The van der Waals surface area contributed by atoms with Gasteiger partial charge in [-0.15, -0.1) is 0 Å². The van der Waals surface area contributed by atoms with Gasteiger partial charge in [0.1, 0.15) is 18.2 Å². The highest BCUT2D eigenvalue weighted by Crippen LogP contribution is 2.26. The van der Waals surface area contributed by atoms with Crippen molar-refractivity contribution in [3.05, 3.63) is 34.9 Å². The molecule has 0 spiro atoms. The Hall–Kier alpha value is -2.57. The van der Waals surface area contributed by atoms with Gasteiger partial charge in [-0.1, -0.05) is 50.5 Å². The molecule has 0 saturated carbocycles. The fourth-order valence-electron chi connectivity index (χ4n) is 3.36. The van der Waals surface area contributed by atoms with Crippen molar-refractivity contribution in [3.63, 3.8) is 0 Å². The smallest absolute Gasteiger partial charge is 0.408 e. The standard InChI is InChI=1S/C25H41N3O4/c1-8-10-14-26-23(30)22(20-13-12-18(3)16-19(20)4)28(15-11-9-2)21(29)17-27-24(31)32-25(5,6)7/h12-13,16,22H,8-11,14-15,17H2,1-7H3,(H,26,30)(H,27,31). The molecule has 1 atom stereocenters. The van der Waals surface area contributed by atoms with Gasteiger partial charge in [0.15, 0.2) is 0 Å². The average Bonchev–Trinajstić information content (AvgIpc) is 2.69. The highest BCUT2D eigenvalue weighted by Gasteiger charge is 2.32. The van der Waals surface area contributed by atoms with Crippen LogP contribution in [0.4, 0.5) is 4.79 Å². The molecule has 0 heterocycles. The Balaban J connectivity index is 3.19. The van der Waals surface area contributed by atoms with Crippen LogP contribution in [-0.4, -0.2) is 48.0 Å². The molecule has 0 radical (unpaired) electrons. The molecule has 0 aliphatic carbocycles. The van der Waals surface area contributed by atoms with Gasteiger partial charge in [-0.3, -0.25) is 9.59 Å². The highest BCUT2D eigenvalue weighted by molar-refractivity contribution is 5.90. The largest absolute Gasteiger partial charge is 0.444 e. The third-order valence-electron chi connectivity index (χ3n) is 4.97. The Kier molecular flexibility index (Phi) is 11.2. The van der Waals surface area contributed by atoms with Crippen molar-refractivity contribution in [3.8, 4) is 0 Å². The van der Waals surface area contributed by atoms with Crippen LogP contribution in [0.2, 0.25) is 0 Å². The molecule has 3 amide bonds. The Morgan fingerprint density at radius 1 is 1.03 bits per heavy atom. The van der Waals surface area contributed by atoms with Crippen molar-refractivity contribution in [1.29, 1.82) is 0 Å². The maximum absolute atomic E-state index is 13.3. The third-order valence-corrected chi connectivity index (χ3v) is 4.97. The number of carbonyl (C=O) groups is 3. The van der Waals surface area contributed by atoms with Crippen LogP contribution in [-0.2, 0) is 14.3 Å². The molecular weight excluding hydrogens is 406 g/mol. The normalized spacial score (nSPS) is 12.1. The molecule has 0 bridgehead atoms. The molecule has 2 N–H and O–H groups in total. The molecule has 1 aromatic rings. The predicted molar refractivity (Wildman–Crippen MR) is 127 cm³/mol. The van der Waals surface area contributed by atoms with Crippen LogP contribution in [0.3, 0.4) is 0 Å². The van der Waals surface area contributed by atoms with E-state index in [-0.39, 0.29) is 18.4 Å². The summed E-state index contributed by atoms with van der Waals surface area (Å²) in [6, 6.07) is 5.13. The second kappa shape index (κ2) is 13.1. The topological polar surface area (TPSA) is 87.7 Å². The quantitative estimate of drug-likeness (QED) is 0.492. The lowest BCUT2D eigenvalue weighted by atomic mass is 9.96. The SMILES string of the molecule is CCCCNC(=O)C(c1ccc(C)cc1C)N(CCCC)C(=O)CNC(=O)OC(C)(C)C. The van der Waals surface area contributed by atoms with Crippen LogP contribution in [0.1, 0.15) is 83.0 Å². The summed E-state index contributed by atoms with van der Waals surface area (Å²) in [6.45, 7) is 14.1. The zero-order valence-electron chi connectivity index (χ0n) is 20.8. The van der Waals surface area contributed by atoms with Crippen molar-refractivity contribution >= 4 is 17.9 Å². The molecule has 0 aliphatic heterocycles. The molecule has 0 saturated heterocycles. The van der Waals surface area contributed by atoms with E-state index >= 15 is 0 Å². The first-order valence-corrected chi connectivity index (χ1v) is 11.6. The summed E-state index contributed by atoms with van der Waals surface area (Å²) < 4.78 is 5.24. The molecule has 0 aliphatic rings. The van der Waals surface area contributed by atoms with Gasteiger partial charge in [0.25, 0.3) is 0 Å². The summed E-state index contributed by atoms with van der Waals surface area (Å²) in [6.07, 6.45) is 2.81. The van der Waals surface area contributed by atoms with E-state index in [1.165, 1.54) is 0 Å². The van der Waals surface area contributed by atoms with Crippen LogP contribution in [0.15, 0.2) is 18.2 Å². The Bertz CT molecular complexity index is 771. The minimum Gasteiger partial charge on any atom is -0.444 e. The fourth-order valence-corrected chi connectivity index (χ4v) is 3.36. The number of hydrogen-bond donors (Lipinski definition) is 2. The lowest BCUT2D eigenvalue weighted by Gasteiger charge is -2.32. The summed E-state index contributed by atoms with van der Waals surface area (Å²) in [7, 11) is 0. The summed E-state index contributed by atoms with van der Waals surface area (Å²) in [4.78, 5) is 40.1. The van der Waals surface area contributed by atoms with E-state index in [1.54, 1.807) is 25.7 Å². The minimum absolute atomic E-state index is 0.202. The van der Waals surface area contributed by atoms with Gasteiger partial charge in [0, 0.05) is 13.1 Å². The molecular formula is C25H41N3O4. The van der Waals surface area contributed by atoms with E-state index in [1.807, 2.05) is 39.0 Å². The van der Waals surface area contributed by atoms with Gasteiger partial charge in [-0.2, -0.15) is 0 Å². The first-order valence-electron chi connectivity index (χ1n) is 11.6. The summed E-state index contributed by atoms with van der Waals surface area (Å²) in [5, 5.41) is 5.52. The summed E-state index contributed by atoms with van der Waals surface area (Å²) in [5.41, 5.74) is 2.19. The lowest BCUT2D eigenvalue weighted by molar-refractivity contribution is -0.140. The van der Waals surface area contributed by atoms with E-state index in [0.29, 0.717) is 13.1 Å². The Morgan fingerprint density at radius 3 is 2.25 bits per heavy atom. The van der Waals surface area contributed by atoms with E-state index in [0.717, 1.165) is 42.4 Å². The molecule has 180 valence electrons. The van der Waals surface area contributed by atoms with Gasteiger partial charge < -0.3 is 20.3 Å². The number of carbonyl (C=O) groups excluding carboxylic acids is 3. The predicted octanol–water partition coefficient (Wildman–Crippen LogP) is 4.41. The van der Waals surface area contributed by atoms with Crippen LogP contribution in [0.25, 0.3) is 0 Å². The van der Waals surface area contributed by atoms with Crippen molar-refractivity contribution in [2.45, 2.75) is 85.8 Å². The first kappa shape index (κ1) is 27.5. The molecule has 1 aromatic carbocycles. The van der Waals surface area contributed by atoms with Crippen LogP contribution >= 0.6 is 0 Å². The average molecular weight is 448 g/mol. The number of hydrogen-bond acceptors (Lipinski definition) is 4. The highest BCUT2D eigenvalue weighted by atomic mass is 16.6. The number of amides is 3. The van der Waals surface area contributed by atoms with Gasteiger partial charge in [-0.25, -0.2) is 4.79 Å². The number of rotatable bonds is 11. The van der Waals surface area contributed by atoms with Crippen LogP contribution in [0.5, 0.6) is 0 Å². The first-order chi connectivity index (χ1) is 15.0. The molecule has 0 aromatic heterocycles. The van der Waals surface area contributed by atoms with Crippen LogP contribution < -0.4 is 10.6 Å². The van der Waals surface area contributed by atoms with E-state index in [2.05, 4.69) is 17.6 Å². The van der Waals surface area contributed by atoms with Crippen LogP contribution in [0, 0.1) is 13.8 Å². The van der Waals surface area contributed by atoms with Gasteiger partial charge in [-0.05, 0) is 58.6 Å². The molecule has 7 heteroatoms. The molecule has 32 heavy (non-hydrogen) atoms. The molecule has 1 unspecified atom stereocenters. The number of unbranched alkanes of at least 4 members (excludes halogenated alkanes) is 2. The van der Waals surface area contributed by atoms with E-state index in [9.17, 15) is 14.4 Å². The Labute approximate surface area is 193 Å². The zero-order chi connectivity index (χ0) is 24.3. The van der Waals surface area contributed by atoms with Gasteiger partial charge in [0.2, 0.25) is 11.8 Å². The third kappa shape index (κ3) is 9.28. The number of nitrogens with zero attached hydrogens (tertiary/aromatic N) is 1. The summed E-state index contributed by atoms with van der Waals surface area (Å²) >= 11 is 0. The lowest BCUT2D eigenvalue weighted by Crippen LogP contribution is -2.48. The molecule has 0 fully saturated rings. The van der Waals surface area contributed by atoms with Crippen molar-refractivity contribution in [2.24, 2.45) is 0 Å². The zero-order valence-corrected chi connectivity index (χ0v) is 20.8. The Morgan fingerprint density at radius 2 is 1.69 bits per heavy atom. The van der Waals surface area contributed by atoms with Crippen molar-refractivity contribution in [2.75, 3.05) is 19.6 Å². The van der Waals surface area contributed by atoms with Crippen molar-refractivity contribution < 1.29 is 19.1 Å². The monoisotopic (exact) mass is 447 g/mol. The number of alkyl carbamates (subject to hydrolysis) is 1. The molecule has 7 nitrogen and oxygen atoms in total. The second-order valence-electron chi connectivity index (χ2n) is 9.20. The minimum atomic E-state index is -0.757. The number of aryl methyl sites for hydroxylation is 2. The fraction of sp³-hybridized carbons (Fsp3) is 0.640. The van der Waals surface area contributed by atoms with Crippen molar-refractivity contribution in [1.82, 2.24) is 15.5 Å². The number of benzene rings is 1.